The summed E-state index contributed by atoms with van der Waals surface area (Å²) in [6.45, 7) is 7.27. The number of rotatable bonds is 5. The van der Waals surface area contributed by atoms with E-state index < -0.39 is 5.97 Å². The summed E-state index contributed by atoms with van der Waals surface area (Å²) in [6, 6.07) is -0.542. The van der Waals surface area contributed by atoms with Crippen LogP contribution in [-0.4, -0.2) is 53.3 Å². The number of hydrogen-bond acceptors (Lipinski definition) is 3. The Morgan fingerprint density at radius 1 is 1.53 bits per heavy atom. The molecular formula is C13H24N2O4. The van der Waals surface area contributed by atoms with E-state index in [2.05, 4.69) is 5.32 Å². The molecule has 0 aromatic carbocycles. The standard InChI is InChI=1S/C13H24N2O4/c1-4-15(10(2)8-11(16)17)12(18)14-13(3)6-5-7-19-9-13/h10H,4-9H2,1-3H3,(H,14,18)(H,16,17). The predicted octanol–water partition coefficient (Wildman–Crippen LogP) is 1.45. The Balaban J connectivity index is 2.60. The Morgan fingerprint density at radius 2 is 2.21 bits per heavy atom. The molecule has 2 unspecified atom stereocenters. The highest BCUT2D eigenvalue weighted by Crippen LogP contribution is 2.19. The summed E-state index contributed by atoms with van der Waals surface area (Å²) in [5.74, 6) is -0.897. The van der Waals surface area contributed by atoms with Gasteiger partial charge in [0.1, 0.15) is 0 Å². The first-order valence-corrected chi connectivity index (χ1v) is 6.76. The van der Waals surface area contributed by atoms with Crippen molar-refractivity contribution in [3.63, 3.8) is 0 Å². The number of urea groups is 1. The van der Waals surface area contributed by atoms with Crippen molar-refractivity contribution in [2.24, 2.45) is 0 Å². The zero-order chi connectivity index (χ0) is 14.5. The Kier molecular flexibility index (Phi) is 5.60. The average molecular weight is 272 g/mol. The number of hydrogen-bond donors (Lipinski definition) is 2. The molecule has 2 atom stereocenters. The first-order chi connectivity index (χ1) is 8.88. The van der Waals surface area contributed by atoms with Crippen molar-refractivity contribution in [2.75, 3.05) is 19.8 Å². The van der Waals surface area contributed by atoms with Crippen LogP contribution in [0.4, 0.5) is 4.79 Å². The summed E-state index contributed by atoms with van der Waals surface area (Å²) in [6.07, 6.45) is 1.76. The van der Waals surface area contributed by atoms with Crippen LogP contribution in [0.5, 0.6) is 0 Å². The number of aliphatic carboxylic acids is 1. The second kappa shape index (κ2) is 6.75. The summed E-state index contributed by atoms with van der Waals surface area (Å²) in [5.41, 5.74) is -0.355. The third-order valence-electron chi connectivity index (χ3n) is 3.45. The smallest absolute Gasteiger partial charge is 0.318 e. The summed E-state index contributed by atoms with van der Waals surface area (Å²) in [7, 11) is 0. The molecule has 0 radical (unpaired) electrons. The van der Waals surface area contributed by atoms with Crippen LogP contribution in [0, 0.1) is 0 Å². The molecule has 2 N–H and O–H groups in total. The molecule has 1 aliphatic heterocycles. The molecule has 1 aliphatic rings. The number of carboxylic acids is 1. The van der Waals surface area contributed by atoms with Crippen LogP contribution in [0.3, 0.4) is 0 Å². The maximum Gasteiger partial charge on any atom is 0.318 e. The van der Waals surface area contributed by atoms with Crippen LogP contribution in [-0.2, 0) is 9.53 Å². The van der Waals surface area contributed by atoms with Gasteiger partial charge in [-0.25, -0.2) is 4.79 Å². The first kappa shape index (κ1) is 15.8. The van der Waals surface area contributed by atoms with Gasteiger partial charge in [0.2, 0.25) is 0 Å². The van der Waals surface area contributed by atoms with Gasteiger partial charge in [0.05, 0.1) is 18.6 Å². The van der Waals surface area contributed by atoms with Crippen molar-refractivity contribution < 1.29 is 19.4 Å². The Labute approximate surface area is 114 Å². The normalized spacial score (nSPS) is 24.6. The molecule has 1 rings (SSSR count). The van der Waals surface area contributed by atoms with Crippen LogP contribution in [0.15, 0.2) is 0 Å². The average Bonchev–Trinajstić information content (AvgIpc) is 2.28. The lowest BCUT2D eigenvalue weighted by Crippen LogP contribution is -2.57. The Bertz CT molecular complexity index is 327. The predicted molar refractivity (Wildman–Crippen MR) is 71.1 cm³/mol. The number of amides is 2. The van der Waals surface area contributed by atoms with Crippen molar-refractivity contribution in [1.82, 2.24) is 10.2 Å². The van der Waals surface area contributed by atoms with Gasteiger partial charge in [0.15, 0.2) is 0 Å². The van der Waals surface area contributed by atoms with Crippen LogP contribution < -0.4 is 5.32 Å². The van der Waals surface area contributed by atoms with E-state index in [1.807, 2.05) is 13.8 Å². The number of nitrogens with one attached hydrogen (secondary N) is 1. The molecule has 6 nitrogen and oxygen atoms in total. The van der Waals surface area contributed by atoms with Gasteiger partial charge in [-0.15, -0.1) is 0 Å². The molecule has 0 aromatic heterocycles. The van der Waals surface area contributed by atoms with E-state index in [9.17, 15) is 9.59 Å². The molecule has 6 heteroatoms. The summed E-state index contributed by atoms with van der Waals surface area (Å²) in [5, 5.41) is 11.8. The lowest BCUT2D eigenvalue weighted by atomic mass is 9.95. The molecule has 1 saturated heterocycles. The molecule has 0 bridgehead atoms. The van der Waals surface area contributed by atoms with Crippen molar-refractivity contribution in [2.45, 2.75) is 51.6 Å². The maximum atomic E-state index is 12.2. The monoisotopic (exact) mass is 272 g/mol. The molecule has 1 heterocycles. The fourth-order valence-corrected chi connectivity index (χ4v) is 2.38. The fourth-order valence-electron chi connectivity index (χ4n) is 2.38. The molecule has 0 saturated carbocycles. The third kappa shape index (κ3) is 4.70. The van der Waals surface area contributed by atoms with E-state index in [1.54, 1.807) is 11.8 Å². The Morgan fingerprint density at radius 3 is 2.68 bits per heavy atom. The third-order valence-corrected chi connectivity index (χ3v) is 3.45. The van der Waals surface area contributed by atoms with E-state index in [0.717, 1.165) is 19.4 Å². The summed E-state index contributed by atoms with van der Waals surface area (Å²) < 4.78 is 5.40. The number of carbonyl (C=O) groups excluding carboxylic acids is 1. The lowest BCUT2D eigenvalue weighted by molar-refractivity contribution is -0.138. The highest BCUT2D eigenvalue weighted by Gasteiger charge is 2.32. The summed E-state index contributed by atoms with van der Waals surface area (Å²) in [4.78, 5) is 24.5. The van der Waals surface area contributed by atoms with Crippen LogP contribution >= 0.6 is 0 Å². The molecule has 0 aliphatic carbocycles. The van der Waals surface area contributed by atoms with E-state index in [-0.39, 0.29) is 24.0 Å². The molecule has 2 amide bonds. The topological polar surface area (TPSA) is 78.9 Å². The van der Waals surface area contributed by atoms with E-state index in [4.69, 9.17) is 9.84 Å². The molecule has 0 aromatic rings. The molecule has 1 fully saturated rings. The Hall–Kier alpha value is -1.30. The van der Waals surface area contributed by atoms with Gasteiger partial charge in [0.25, 0.3) is 0 Å². The van der Waals surface area contributed by atoms with Crippen molar-refractivity contribution in [3.05, 3.63) is 0 Å². The first-order valence-electron chi connectivity index (χ1n) is 6.76. The fraction of sp³-hybridized carbons (Fsp3) is 0.846. The van der Waals surface area contributed by atoms with Gasteiger partial charge in [0, 0.05) is 19.2 Å². The zero-order valence-electron chi connectivity index (χ0n) is 11.9. The highest BCUT2D eigenvalue weighted by molar-refractivity contribution is 5.76. The minimum absolute atomic E-state index is 0.0471. The number of ether oxygens (including phenoxy) is 1. The maximum absolute atomic E-state index is 12.2. The van der Waals surface area contributed by atoms with E-state index in [0.29, 0.717) is 13.2 Å². The minimum Gasteiger partial charge on any atom is -0.481 e. The number of nitrogens with zero attached hydrogens (tertiary/aromatic N) is 1. The second-order valence-corrected chi connectivity index (χ2v) is 5.38. The van der Waals surface area contributed by atoms with E-state index in [1.165, 1.54) is 0 Å². The van der Waals surface area contributed by atoms with E-state index >= 15 is 0 Å². The SMILES string of the molecule is CCN(C(=O)NC1(C)CCCOC1)C(C)CC(=O)O. The largest absolute Gasteiger partial charge is 0.481 e. The van der Waals surface area contributed by atoms with Crippen LogP contribution in [0.25, 0.3) is 0 Å². The van der Waals surface area contributed by atoms with Crippen molar-refractivity contribution >= 4 is 12.0 Å². The summed E-state index contributed by atoms with van der Waals surface area (Å²) >= 11 is 0. The minimum atomic E-state index is -0.897. The van der Waals surface area contributed by atoms with Crippen molar-refractivity contribution in [3.8, 4) is 0 Å². The number of carbonyl (C=O) groups is 2. The molecule has 110 valence electrons. The molecular weight excluding hydrogens is 248 g/mol. The zero-order valence-corrected chi connectivity index (χ0v) is 11.9. The van der Waals surface area contributed by atoms with Crippen LogP contribution in [0.2, 0.25) is 0 Å². The van der Waals surface area contributed by atoms with Gasteiger partial charge >= 0.3 is 12.0 Å². The van der Waals surface area contributed by atoms with Gasteiger partial charge in [-0.3, -0.25) is 4.79 Å². The molecule has 0 spiro atoms. The lowest BCUT2D eigenvalue weighted by Gasteiger charge is -2.37. The van der Waals surface area contributed by atoms with Gasteiger partial charge in [-0.05, 0) is 33.6 Å². The quantitative estimate of drug-likeness (QED) is 0.794. The second-order valence-electron chi connectivity index (χ2n) is 5.38. The van der Waals surface area contributed by atoms with Crippen molar-refractivity contribution in [1.29, 1.82) is 0 Å². The van der Waals surface area contributed by atoms with Gasteiger partial charge in [-0.1, -0.05) is 0 Å². The number of carboxylic acid groups (broad SMARTS) is 1. The highest BCUT2D eigenvalue weighted by atomic mass is 16.5. The van der Waals surface area contributed by atoms with Gasteiger partial charge < -0.3 is 20.1 Å². The molecule has 19 heavy (non-hydrogen) atoms. The van der Waals surface area contributed by atoms with Crippen LogP contribution in [0.1, 0.15) is 40.0 Å². The van der Waals surface area contributed by atoms with Gasteiger partial charge in [-0.2, -0.15) is 0 Å².